The summed E-state index contributed by atoms with van der Waals surface area (Å²) in [5.41, 5.74) is 0. The summed E-state index contributed by atoms with van der Waals surface area (Å²) in [7, 11) is 0. The normalized spacial score (nSPS) is 16.6. The van der Waals surface area contributed by atoms with Gasteiger partial charge in [0, 0.05) is 0 Å². The van der Waals surface area contributed by atoms with Crippen molar-refractivity contribution in [3.05, 3.63) is 12.2 Å². The van der Waals surface area contributed by atoms with E-state index in [9.17, 15) is 70.2 Å². The van der Waals surface area contributed by atoms with E-state index in [-0.39, 0.29) is 0 Å². The lowest BCUT2D eigenvalue weighted by molar-refractivity contribution is -0.388. The zero-order valence-corrected chi connectivity index (χ0v) is 10.7. The third-order valence-corrected chi connectivity index (χ3v) is 2.45. The highest BCUT2D eigenvalue weighted by atomic mass is 19.4. The minimum absolute atomic E-state index is 2.24. The van der Waals surface area contributed by atoms with Crippen LogP contribution in [0.25, 0.3) is 0 Å². The fourth-order valence-electron chi connectivity index (χ4n) is 0.995. The quantitative estimate of drug-likeness (QED) is 0.392. The molecule has 0 atom stereocenters. The molecule has 150 valence electrons. The Kier molecular flexibility index (Phi) is 5.50. The molecule has 0 spiro atoms. The van der Waals surface area contributed by atoms with Gasteiger partial charge in [-0.15, -0.1) is 0 Å². The molecule has 0 N–H and O–H groups in total. The standard InChI is InChI=1S/C9H2F16/c10-3(11,5(14,15)7(18,19)9(23,24)25)1-2-4(12,13)6(16,17)8(20,21)22/h1-2H/b2-1+. The van der Waals surface area contributed by atoms with Crippen molar-refractivity contribution in [3.8, 4) is 0 Å². The maximum atomic E-state index is 12.8. The van der Waals surface area contributed by atoms with Gasteiger partial charge in [0.1, 0.15) is 0 Å². The van der Waals surface area contributed by atoms with E-state index in [0.29, 0.717) is 0 Å². The molecule has 0 amide bonds. The minimum atomic E-state index is -7.53. The van der Waals surface area contributed by atoms with Gasteiger partial charge in [0.25, 0.3) is 0 Å². The van der Waals surface area contributed by atoms with Gasteiger partial charge >= 0.3 is 42.0 Å². The number of halogens is 16. The van der Waals surface area contributed by atoms with E-state index in [1.54, 1.807) is 0 Å². The fraction of sp³-hybridized carbons (Fsp3) is 0.778. The summed E-state index contributed by atoms with van der Waals surface area (Å²) in [6.07, 6.45) is -18.9. The first-order valence-electron chi connectivity index (χ1n) is 5.18. The van der Waals surface area contributed by atoms with Crippen LogP contribution in [-0.2, 0) is 0 Å². The SMILES string of the molecule is FC(F)(F)C(F)(F)C(F)(F)/C=C/C(F)(F)C(F)(F)C(F)(F)C(F)(F)F. The topological polar surface area (TPSA) is 0 Å². The summed E-state index contributed by atoms with van der Waals surface area (Å²) in [5, 5.41) is 0. The maximum absolute atomic E-state index is 12.8. The Bertz CT molecular complexity index is 503. The van der Waals surface area contributed by atoms with Crippen LogP contribution in [0.2, 0.25) is 0 Å². The molecule has 0 aliphatic carbocycles. The van der Waals surface area contributed by atoms with E-state index in [4.69, 9.17) is 0 Å². The molecule has 0 saturated heterocycles. The Balaban J connectivity index is 5.97. The lowest BCUT2D eigenvalue weighted by atomic mass is 10.0. The van der Waals surface area contributed by atoms with Crippen molar-refractivity contribution in [3.63, 3.8) is 0 Å². The smallest absolute Gasteiger partial charge is 0.195 e. The van der Waals surface area contributed by atoms with Crippen molar-refractivity contribution < 1.29 is 70.2 Å². The van der Waals surface area contributed by atoms with Crippen LogP contribution >= 0.6 is 0 Å². The summed E-state index contributed by atoms with van der Waals surface area (Å²) in [4.78, 5) is 0. The third kappa shape index (κ3) is 3.75. The van der Waals surface area contributed by atoms with Gasteiger partial charge in [0.2, 0.25) is 0 Å². The van der Waals surface area contributed by atoms with Crippen LogP contribution in [0.3, 0.4) is 0 Å². The van der Waals surface area contributed by atoms with Crippen LogP contribution in [-0.4, -0.2) is 42.0 Å². The highest BCUT2D eigenvalue weighted by Gasteiger charge is 2.81. The molecule has 0 saturated carbocycles. The second-order valence-corrected chi connectivity index (χ2v) is 4.30. The Morgan fingerprint density at radius 2 is 0.560 bits per heavy atom. The first-order chi connectivity index (χ1) is 10.5. The molecule has 0 aliphatic heterocycles. The molecule has 0 unspecified atom stereocenters. The average molecular weight is 414 g/mol. The summed E-state index contributed by atoms with van der Waals surface area (Å²) in [6.45, 7) is 0. The van der Waals surface area contributed by atoms with E-state index >= 15 is 0 Å². The van der Waals surface area contributed by atoms with Crippen molar-refractivity contribution >= 4 is 0 Å². The number of hydrogen-bond acceptors (Lipinski definition) is 0. The molecule has 0 aliphatic rings. The zero-order chi connectivity index (χ0) is 20.9. The second kappa shape index (κ2) is 5.82. The van der Waals surface area contributed by atoms with Gasteiger partial charge in [0.05, 0.1) is 0 Å². The number of allylic oxidation sites excluding steroid dienone is 2. The Morgan fingerprint density at radius 3 is 0.800 bits per heavy atom. The highest BCUT2D eigenvalue weighted by molar-refractivity contribution is 5.15. The van der Waals surface area contributed by atoms with Crippen LogP contribution in [0.15, 0.2) is 12.2 Å². The first-order valence-corrected chi connectivity index (χ1v) is 5.18. The van der Waals surface area contributed by atoms with Gasteiger partial charge in [-0.3, -0.25) is 0 Å². The Hall–Kier alpha value is -1.38. The molecule has 0 radical (unpaired) electrons. The van der Waals surface area contributed by atoms with Gasteiger partial charge < -0.3 is 0 Å². The van der Waals surface area contributed by atoms with Crippen LogP contribution in [0, 0.1) is 0 Å². The summed E-state index contributed by atoms with van der Waals surface area (Å²) >= 11 is 0. The number of hydrogen-bond donors (Lipinski definition) is 0. The van der Waals surface area contributed by atoms with Gasteiger partial charge in [-0.05, 0) is 12.2 Å². The molecule has 16 heteroatoms. The van der Waals surface area contributed by atoms with Gasteiger partial charge in [-0.2, -0.15) is 70.2 Å². The lowest BCUT2D eigenvalue weighted by Gasteiger charge is -2.32. The van der Waals surface area contributed by atoms with Crippen molar-refractivity contribution in [1.29, 1.82) is 0 Å². The summed E-state index contributed by atoms with van der Waals surface area (Å²) < 4.78 is 195. The molecule has 25 heavy (non-hydrogen) atoms. The highest BCUT2D eigenvalue weighted by Crippen LogP contribution is 2.54. The van der Waals surface area contributed by atoms with Crippen LogP contribution in [0.1, 0.15) is 0 Å². The molecular weight excluding hydrogens is 412 g/mol. The van der Waals surface area contributed by atoms with Gasteiger partial charge in [-0.25, -0.2) is 0 Å². The number of rotatable bonds is 5. The Labute approximate surface area is 126 Å². The van der Waals surface area contributed by atoms with Gasteiger partial charge in [0.15, 0.2) is 0 Å². The Morgan fingerprint density at radius 1 is 0.320 bits per heavy atom. The van der Waals surface area contributed by atoms with E-state index in [1.807, 2.05) is 0 Å². The van der Waals surface area contributed by atoms with Crippen LogP contribution in [0.5, 0.6) is 0 Å². The predicted molar refractivity (Wildman–Crippen MR) is 46.0 cm³/mol. The van der Waals surface area contributed by atoms with E-state index in [0.717, 1.165) is 0 Å². The molecular formula is C9H2F16. The van der Waals surface area contributed by atoms with Crippen molar-refractivity contribution in [2.24, 2.45) is 0 Å². The molecule has 0 rings (SSSR count). The maximum Gasteiger partial charge on any atom is 0.460 e. The summed E-state index contributed by atoms with van der Waals surface area (Å²) in [5.74, 6) is -35.7. The number of alkyl halides is 16. The monoisotopic (exact) mass is 414 g/mol. The largest absolute Gasteiger partial charge is 0.460 e. The molecule has 0 aromatic heterocycles. The summed E-state index contributed by atoms with van der Waals surface area (Å²) in [6, 6.07) is 0. The third-order valence-electron chi connectivity index (χ3n) is 2.45. The van der Waals surface area contributed by atoms with Crippen molar-refractivity contribution in [2.45, 2.75) is 42.0 Å². The fourth-order valence-corrected chi connectivity index (χ4v) is 0.995. The molecule has 0 aromatic carbocycles. The van der Waals surface area contributed by atoms with Crippen LogP contribution in [0.4, 0.5) is 70.2 Å². The van der Waals surface area contributed by atoms with E-state index in [1.165, 1.54) is 0 Å². The molecule has 0 aromatic rings. The van der Waals surface area contributed by atoms with Gasteiger partial charge in [-0.1, -0.05) is 0 Å². The lowest BCUT2D eigenvalue weighted by Crippen LogP contribution is -2.60. The van der Waals surface area contributed by atoms with Crippen molar-refractivity contribution in [1.82, 2.24) is 0 Å². The van der Waals surface area contributed by atoms with E-state index < -0.39 is 54.1 Å². The molecule has 0 bridgehead atoms. The zero-order valence-electron chi connectivity index (χ0n) is 10.7. The average Bonchev–Trinajstić information content (AvgIpc) is 2.33. The molecule has 0 heterocycles. The van der Waals surface area contributed by atoms with Crippen molar-refractivity contribution in [2.75, 3.05) is 0 Å². The second-order valence-electron chi connectivity index (χ2n) is 4.30. The molecule has 0 fully saturated rings. The minimum Gasteiger partial charge on any atom is -0.195 e. The van der Waals surface area contributed by atoms with E-state index in [2.05, 4.69) is 0 Å². The predicted octanol–water partition coefficient (Wildman–Crippen LogP) is 5.84. The van der Waals surface area contributed by atoms with Crippen LogP contribution < -0.4 is 0 Å². The first kappa shape index (κ1) is 23.6. The molecule has 0 nitrogen and oxygen atoms in total.